The van der Waals surface area contributed by atoms with Crippen molar-refractivity contribution in [1.82, 2.24) is 19.6 Å². The molecular formula is C25H32N6OS. The number of urea groups is 1. The van der Waals surface area contributed by atoms with Crippen LogP contribution in [0.4, 0.5) is 15.6 Å². The summed E-state index contributed by atoms with van der Waals surface area (Å²) >= 11 is 1.49. The predicted octanol–water partition coefficient (Wildman–Crippen LogP) is 4.00. The first-order valence-corrected chi connectivity index (χ1v) is 12.2. The molecular weight excluding hydrogens is 432 g/mol. The molecule has 0 spiro atoms. The number of para-hydroxylation sites is 1. The molecule has 0 radical (unpaired) electrons. The fourth-order valence-electron chi connectivity index (χ4n) is 3.99. The maximum atomic E-state index is 12.3. The molecule has 4 rings (SSSR count). The fraction of sp³-hybridized carbons (Fsp3) is 0.400. The van der Waals surface area contributed by atoms with Gasteiger partial charge in [0, 0.05) is 62.9 Å². The lowest BCUT2D eigenvalue weighted by Crippen LogP contribution is -2.48. The van der Waals surface area contributed by atoms with Gasteiger partial charge in [0.05, 0.1) is 0 Å². The molecule has 1 aliphatic heterocycles. The minimum absolute atomic E-state index is 0.152. The van der Waals surface area contributed by atoms with Gasteiger partial charge in [0.2, 0.25) is 5.13 Å². The highest BCUT2D eigenvalue weighted by molar-refractivity contribution is 7.09. The molecule has 0 bridgehead atoms. The topological polar surface area (TPSA) is 73.4 Å². The molecule has 3 aromatic rings. The molecule has 1 saturated heterocycles. The Balaban J connectivity index is 1.18. The molecule has 1 aromatic heterocycles. The first-order valence-electron chi connectivity index (χ1n) is 11.4. The van der Waals surface area contributed by atoms with Crippen LogP contribution in [-0.4, -0.2) is 59.6 Å². The summed E-state index contributed by atoms with van der Waals surface area (Å²) in [5.41, 5.74) is 5.53. The summed E-state index contributed by atoms with van der Waals surface area (Å²) in [6.45, 7) is 11.3. The zero-order valence-electron chi connectivity index (χ0n) is 19.6. The molecule has 8 heteroatoms. The molecule has 1 aliphatic rings. The number of rotatable bonds is 7. The Kier molecular flexibility index (Phi) is 7.57. The summed E-state index contributed by atoms with van der Waals surface area (Å²) < 4.78 is 4.56. The van der Waals surface area contributed by atoms with E-state index in [0.717, 1.165) is 66.9 Å². The van der Waals surface area contributed by atoms with E-state index >= 15 is 0 Å². The summed E-state index contributed by atoms with van der Waals surface area (Å²) in [5, 5.41) is 6.96. The number of amides is 2. The van der Waals surface area contributed by atoms with Gasteiger partial charge < -0.3 is 15.5 Å². The normalized spacial score (nSPS) is 14.3. The van der Waals surface area contributed by atoms with E-state index in [1.165, 1.54) is 22.7 Å². The highest BCUT2D eigenvalue weighted by Crippen LogP contribution is 2.21. The number of benzene rings is 2. The Labute approximate surface area is 200 Å². The molecule has 0 aliphatic carbocycles. The molecule has 174 valence electrons. The van der Waals surface area contributed by atoms with Crippen molar-refractivity contribution in [3.05, 3.63) is 70.5 Å². The summed E-state index contributed by atoms with van der Waals surface area (Å²) in [6, 6.07) is 14.4. The maximum absolute atomic E-state index is 12.3. The van der Waals surface area contributed by atoms with Gasteiger partial charge in [-0.3, -0.25) is 4.90 Å². The Morgan fingerprint density at radius 3 is 2.39 bits per heavy atom. The van der Waals surface area contributed by atoms with Gasteiger partial charge in [0.1, 0.15) is 5.82 Å². The fourth-order valence-corrected chi connectivity index (χ4v) is 4.73. The second-order valence-electron chi connectivity index (χ2n) is 8.63. The predicted molar refractivity (Wildman–Crippen MR) is 135 cm³/mol. The Morgan fingerprint density at radius 2 is 1.70 bits per heavy atom. The number of piperazine rings is 1. The SMILES string of the molecule is Cc1ccc(Cc2nsc(N3CCN(CCNC(=O)Nc4c(C)cccc4C)CC3)n2)cc1. The number of carbonyl (C=O) groups is 1. The lowest BCUT2D eigenvalue weighted by molar-refractivity contribution is 0.240. The zero-order chi connectivity index (χ0) is 23.2. The average molecular weight is 465 g/mol. The standard InChI is InChI=1S/C25H32N6OS/c1-18-7-9-21(10-8-18)17-22-27-25(33-29-22)31-15-13-30(14-16-31)12-11-26-24(32)28-23-19(2)5-4-6-20(23)3/h4-10H,11-17H2,1-3H3,(H2,26,28,32). The first kappa shape index (κ1) is 23.2. The van der Waals surface area contributed by atoms with Gasteiger partial charge in [-0.05, 0) is 37.5 Å². The summed E-state index contributed by atoms with van der Waals surface area (Å²) in [4.78, 5) is 21.7. The molecule has 2 aromatic carbocycles. The largest absolute Gasteiger partial charge is 0.344 e. The van der Waals surface area contributed by atoms with Crippen molar-refractivity contribution in [3.63, 3.8) is 0 Å². The molecule has 2 N–H and O–H groups in total. The van der Waals surface area contributed by atoms with E-state index in [9.17, 15) is 4.79 Å². The number of aromatic nitrogens is 2. The quantitative estimate of drug-likeness (QED) is 0.553. The van der Waals surface area contributed by atoms with E-state index < -0.39 is 0 Å². The highest BCUT2D eigenvalue weighted by Gasteiger charge is 2.20. The van der Waals surface area contributed by atoms with Crippen molar-refractivity contribution in [1.29, 1.82) is 0 Å². The second kappa shape index (κ2) is 10.8. The van der Waals surface area contributed by atoms with Crippen LogP contribution in [0.5, 0.6) is 0 Å². The summed E-state index contributed by atoms with van der Waals surface area (Å²) in [5.74, 6) is 0.889. The minimum atomic E-state index is -0.152. The smallest absolute Gasteiger partial charge is 0.319 e. The van der Waals surface area contributed by atoms with Crippen molar-refractivity contribution < 1.29 is 4.79 Å². The lowest BCUT2D eigenvalue weighted by atomic mass is 10.1. The Hall–Kier alpha value is -2.97. The highest BCUT2D eigenvalue weighted by atomic mass is 32.1. The van der Waals surface area contributed by atoms with Gasteiger partial charge in [-0.15, -0.1) is 0 Å². The summed E-state index contributed by atoms with van der Waals surface area (Å²) in [7, 11) is 0. The van der Waals surface area contributed by atoms with Gasteiger partial charge in [-0.1, -0.05) is 48.0 Å². The van der Waals surface area contributed by atoms with Crippen LogP contribution in [0.1, 0.15) is 28.1 Å². The second-order valence-corrected chi connectivity index (χ2v) is 9.36. The molecule has 2 heterocycles. The van der Waals surface area contributed by atoms with Crippen molar-refractivity contribution in [3.8, 4) is 0 Å². The van der Waals surface area contributed by atoms with E-state index in [0.29, 0.717) is 6.54 Å². The third-order valence-corrected chi connectivity index (χ3v) is 6.83. The van der Waals surface area contributed by atoms with E-state index in [2.05, 4.69) is 56.0 Å². The van der Waals surface area contributed by atoms with Crippen LogP contribution >= 0.6 is 11.5 Å². The van der Waals surface area contributed by atoms with Crippen molar-refractivity contribution in [2.24, 2.45) is 0 Å². The van der Waals surface area contributed by atoms with Crippen LogP contribution < -0.4 is 15.5 Å². The van der Waals surface area contributed by atoms with Gasteiger partial charge in [-0.25, -0.2) is 9.78 Å². The number of nitrogens with one attached hydrogen (secondary N) is 2. The van der Waals surface area contributed by atoms with E-state index in [1.54, 1.807) is 0 Å². The third kappa shape index (κ3) is 6.30. The third-order valence-electron chi connectivity index (χ3n) is 6.02. The molecule has 33 heavy (non-hydrogen) atoms. The van der Waals surface area contributed by atoms with Crippen LogP contribution in [-0.2, 0) is 6.42 Å². The van der Waals surface area contributed by atoms with Gasteiger partial charge in [0.25, 0.3) is 0 Å². The van der Waals surface area contributed by atoms with Crippen LogP contribution in [0.3, 0.4) is 0 Å². The molecule has 0 unspecified atom stereocenters. The summed E-state index contributed by atoms with van der Waals surface area (Å²) in [6.07, 6.45) is 0.770. The Morgan fingerprint density at radius 1 is 1.00 bits per heavy atom. The molecule has 1 fully saturated rings. The zero-order valence-corrected chi connectivity index (χ0v) is 20.4. The van der Waals surface area contributed by atoms with Crippen LogP contribution in [0.25, 0.3) is 0 Å². The number of hydrogen-bond acceptors (Lipinski definition) is 6. The van der Waals surface area contributed by atoms with Crippen molar-refractivity contribution >= 4 is 28.4 Å². The minimum Gasteiger partial charge on any atom is -0.344 e. The molecule has 2 amide bonds. The van der Waals surface area contributed by atoms with E-state index in [4.69, 9.17) is 4.98 Å². The van der Waals surface area contributed by atoms with Crippen LogP contribution in [0.2, 0.25) is 0 Å². The molecule has 0 saturated carbocycles. The lowest BCUT2D eigenvalue weighted by Gasteiger charge is -2.34. The number of carbonyl (C=O) groups excluding carboxylic acids is 1. The average Bonchev–Trinajstić information content (AvgIpc) is 3.27. The first-order chi connectivity index (χ1) is 16.0. The van der Waals surface area contributed by atoms with Gasteiger partial charge in [0.15, 0.2) is 0 Å². The number of anilines is 2. The van der Waals surface area contributed by atoms with E-state index in [1.807, 2.05) is 32.0 Å². The monoisotopic (exact) mass is 464 g/mol. The molecule has 7 nitrogen and oxygen atoms in total. The molecule has 0 atom stereocenters. The Bertz CT molecular complexity index is 1050. The van der Waals surface area contributed by atoms with Crippen LogP contribution in [0.15, 0.2) is 42.5 Å². The number of aryl methyl sites for hydroxylation is 3. The van der Waals surface area contributed by atoms with Crippen molar-refractivity contribution in [2.75, 3.05) is 49.5 Å². The van der Waals surface area contributed by atoms with E-state index in [-0.39, 0.29) is 6.03 Å². The number of nitrogens with zero attached hydrogens (tertiary/aromatic N) is 4. The van der Waals surface area contributed by atoms with Gasteiger partial charge in [-0.2, -0.15) is 4.37 Å². The van der Waals surface area contributed by atoms with Crippen LogP contribution in [0, 0.1) is 20.8 Å². The number of hydrogen-bond donors (Lipinski definition) is 2. The van der Waals surface area contributed by atoms with Gasteiger partial charge >= 0.3 is 6.03 Å². The van der Waals surface area contributed by atoms with Crippen molar-refractivity contribution in [2.45, 2.75) is 27.2 Å². The maximum Gasteiger partial charge on any atom is 0.319 e.